The molecule has 27 heavy (non-hydrogen) atoms. The van der Waals surface area contributed by atoms with E-state index in [4.69, 9.17) is 0 Å². The Hall–Kier alpha value is -2.73. The van der Waals surface area contributed by atoms with Crippen LogP contribution in [0.2, 0.25) is 0 Å². The van der Waals surface area contributed by atoms with E-state index in [1.165, 1.54) is 10.8 Å². The number of rotatable bonds is 3. The van der Waals surface area contributed by atoms with Crippen molar-refractivity contribution in [1.82, 2.24) is 14.3 Å². The summed E-state index contributed by atoms with van der Waals surface area (Å²) in [5.74, 6) is -0.296. The molecule has 0 aliphatic carbocycles. The fraction of sp³-hybridized carbons (Fsp3) is 0.286. The summed E-state index contributed by atoms with van der Waals surface area (Å²) in [4.78, 5) is 17.9. The van der Waals surface area contributed by atoms with Crippen LogP contribution in [0.1, 0.15) is 43.0 Å². The molecule has 5 nitrogen and oxygen atoms in total. The van der Waals surface area contributed by atoms with Crippen LogP contribution < -0.4 is 4.80 Å². The molecule has 0 N–H and O–H groups in total. The number of thiazole rings is 1. The Morgan fingerprint density at radius 1 is 1.22 bits per heavy atom. The third-order valence-corrected chi connectivity index (χ3v) is 5.85. The third kappa shape index (κ3) is 3.00. The smallest absolute Gasteiger partial charge is 0.300 e. The van der Waals surface area contributed by atoms with E-state index in [2.05, 4.69) is 45.8 Å². The average Bonchev–Trinajstić information content (AvgIpc) is 3.22. The van der Waals surface area contributed by atoms with Gasteiger partial charge in [0, 0.05) is 23.7 Å². The Morgan fingerprint density at radius 3 is 2.70 bits per heavy atom. The summed E-state index contributed by atoms with van der Waals surface area (Å²) in [5.41, 5.74) is 2.47. The summed E-state index contributed by atoms with van der Waals surface area (Å²) in [7, 11) is 0. The van der Waals surface area contributed by atoms with Crippen molar-refractivity contribution < 1.29 is 4.79 Å². The quantitative estimate of drug-likeness (QED) is 0.519. The molecule has 0 unspecified atom stereocenters. The first kappa shape index (κ1) is 17.7. The number of fused-ring (bicyclic) bond motifs is 3. The maximum atomic E-state index is 12.8. The zero-order valence-corrected chi connectivity index (χ0v) is 16.7. The maximum Gasteiger partial charge on any atom is 0.300 e. The molecule has 0 bridgehead atoms. The highest BCUT2D eigenvalue weighted by atomic mass is 32.1. The van der Waals surface area contributed by atoms with Gasteiger partial charge in [0.1, 0.15) is 0 Å². The summed E-state index contributed by atoms with van der Waals surface area (Å²) >= 11 is 1.56. The predicted molar refractivity (Wildman–Crippen MR) is 110 cm³/mol. The first-order valence-corrected chi connectivity index (χ1v) is 9.97. The van der Waals surface area contributed by atoms with Crippen LogP contribution in [0.5, 0.6) is 0 Å². The van der Waals surface area contributed by atoms with Crippen LogP contribution in [-0.4, -0.2) is 20.3 Å². The number of carbonyl (C=O) groups excluding carboxylic acids is 1. The van der Waals surface area contributed by atoms with Crippen molar-refractivity contribution in [2.45, 2.75) is 40.3 Å². The van der Waals surface area contributed by atoms with E-state index in [9.17, 15) is 4.79 Å². The Balaban J connectivity index is 1.88. The van der Waals surface area contributed by atoms with E-state index in [1.807, 2.05) is 43.7 Å². The van der Waals surface area contributed by atoms with Crippen LogP contribution in [0, 0.1) is 6.92 Å². The summed E-state index contributed by atoms with van der Waals surface area (Å²) in [6.45, 7) is 8.88. The second-order valence-electron chi connectivity index (χ2n) is 6.89. The standard InChI is InChI=1S/C21H22N4OS/c1-5-24-18-11-10-15-8-6-7-9-16(15)19(18)27-21(24)22-20(26)17-12-14(4)25(23-17)13(2)3/h6-13H,5H2,1-4H3. The van der Waals surface area contributed by atoms with Crippen LogP contribution in [0.25, 0.3) is 21.0 Å². The van der Waals surface area contributed by atoms with E-state index in [0.717, 1.165) is 22.5 Å². The highest BCUT2D eigenvalue weighted by Gasteiger charge is 2.15. The van der Waals surface area contributed by atoms with E-state index in [-0.39, 0.29) is 11.9 Å². The van der Waals surface area contributed by atoms with Crippen molar-refractivity contribution in [3.63, 3.8) is 0 Å². The minimum absolute atomic E-state index is 0.211. The molecule has 0 spiro atoms. The van der Waals surface area contributed by atoms with Gasteiger partial charge in [0.2, 0.25) is 0 Å². The average molecular weight is 379 g/mol. The minimum Gasteiger partial charge on any atom is -0.317 e. The molecule has 0 radical (unpaired) electrons. The van der Waals surface area contributed by atoms with E-state index >= 15 is 0 Å². The van der Waals surface area contributed by atoms with Gasteiger partial charge in [0.05, 0.1) is 10.2 Å². The fourth-order valence-corrected chi connectivity index (χ4v) is 4.68. The lowest BCUT2D eigenvalue weighted by molar-refractivity contribution is 0.0992. The highest BCUT2D eigenvalue weighted by Crippen LogP contribution is 2.27. The monoisotopic (exact) mass is 378 g/mol. The zero-order valence-electron chi connectivity index (χ0n) is 15.9. The van der Waals surface area contributed by atoms with Crippen molar-refractivity contribution in [3.8, 4) is 0 Å². The van der Waals surface area contributed by atoms with Gasteiger partial charge in [-0.3, -0.25) is 9.48 Å². The van der Waals surface area contributed by atoms with Gasteiger partial charge in [0.15, 0.2) is 10.5 Å². The number of benzene rings is 2. The predicted octanol–water partition coefficient (Wildman–Crippen LogP) is 4.70. The first-order chi connectivity index (χ1) is 13.0. The number of aryl methyl sites for hydroxylation is 2. The lowest BCUT2D eigenvalue weighted by atomic mass is 10.1. The van der Waals surface area contributed by atoms with Crippen molar-refractivity contribution in [2.75, 3.05) is 0 Å². The summed E-state index contributed by atoms with van der Waals surface area (Å²) in [5, 5.41) is 6.82. The number of hydrogen-bond donors (Lipinski definition) is 0. The molecule has 2 aromatic carbocycles. The zero-order chi connectivity index (χ0) is 19.1. The molecular weight excluding hydrogens is 356 g/mol. The van der Waals surface area contributed by atoms with Gasteiger partial charge in [-0.2, -0.15) is 10.1 Å². The SMILES string of the molecule is CCn1c(=NC(=O)c2cc(C)n(C(C)C)n2)sc2c3ccccc3ccc21. The fourth-order valence-electron chi connectivity index (χ4n) is 3.45. The molecule has 2 aromatic heterocycles. The van der Waals surface area contributed by atoms with Gasteiger partial charge in [-0.25, -0.2) is 0 Å². The molecular formula is C21H22N4OS. The second kappa shape index (κ2) is 6.78. The van der Waals surface area contributed by atoms with Crippen LogP contribution in [0.15, 0.2) is 47.5 Å². The second-order valence-corrected chi connectivity index (χ2v) is 7.87. The molecule has 0 saturated carbocycles. The first-order valence-electron chi connectivity index (χ1n) is 9.16. The lowest BCUT2D eigenvalue weighted by Crippen LogP contribution is -2.16. The van der Waals surface area contributed by atoms with E-state index < -0.39 is 0 Å². The molecule has 0 atom stereocenters. The Kier molecular flexibility index (Phi) is 4.44. The van der Waals surface area contributed by atoms with Crippen molar-refractivity contribution in [1.29, 1.82) is 0 Å². The third-order valence-electron chi connectivity index (χ3n) is 4.72. The van der Waals surface area contributed by atoms with E-state index in [0.29, 0.717) is 10.5 Å². The number of hydrogen-bond acceptors (Lipinski definition) is 3. The lowest BCUT2D eigenvalue weighted by Gasteiger charge is -2.06. The summed E-state index contributed by atoms with van der Waals surface area (Å²) < 4.78 is 5.11. The number of aromatic nitrogens is 3. The summed E-state index contributed by atoms with van der Waals surface area (Å²) in [6.07, 6.45) is 0. The molecule has 4 aromatic rings. The number of amides is 1. The van der Waals surface area contributed by atoms with Crippen LogP contribution in [-0.2, 0) is 6.54 Å². The molecule has 0 fully saturated rings. The van der Waals surface area contributed by atoms with Gasteiger partial charge in [0.25, 0.3) is 5.91 Å². The normalized spacial score (nSPS) is 12.6. The van der Waals surface area contributed by atoms with Crippen LogP contribution >= 0.6 is 11.3 Å². The molecule has 0 aliphatic heterocycles. The highest BCUT2D eigenvalue weighted by molar-refractivity contribution is 7.17. The van der Waals surface area contributed by atoms with Gasteiger partial charge >= 0.3 is 0 Å². The van der Waals surface area contributed by atoms with Crippen molar-refractivity contribution >= 4 is 38.2 Å². The van der Waals surface area contributed by atoms with Crippen molar-refractivity contribution in [2.24, 2.45) is 4.99 Å². The Labute approximate surface area is 161 Å². The molecule has 4 rings (SSSR count). The van der Waals surface area contributed by atoms with Crippen LogP contribution in [0.4, 0.5) is 0 Å². The largest absolute Gasteiger partial charge is 0.317 e. The maximum absolute atomic E-state index is 12.8. The van der Waals surface area contributed by atoms with Gasteiger partial charge in [-0.05, 0) is 45.2 Å². The van der Waals surface area contributed by atoms with Gasteiger partial charge in [-0.15, -0.1) is 0 Å². The van der Waals surface area contributed by atoms with Gasteiger partial charge in [-0.1, -0.05) is 41.7 Å². The molecule has 138 valence electrons. The molecule has 2 heterocycles. The summed E-state index contributed by atoms with van der Waals surface area (Å²) in [6, 6.07) is 14.6. The molecule has 0 aliphatic rings. The van der Waals surface area contributed by atoms with E-state index in [1.54, 1.807) is 11.3 Å². The molecule has 6 heteroatoms. The number of carbonyl (C=O) groups is 1. The van der Waals surface area contributed by atoms with Gasteiger partial charge < -0.3 is 4.57 Å². The molecule has 1 amide bonds. The minimum atomic E-state index is -0.296. The Bertz CT molecular complexity index is 1230. The molecule has 0 saturated heterocycles. The van der Waals surface area contributed by atoms with Crippen molar-refractivity contribution in [3.05, 3.63) is 58.7 Å². The Morgan fingerprint density at radius 2 is 2.00 bits per heavy atom. The topological polar surface area (TPSA) is 52.2 Å². The number of nitrogens with zero attached hydrogens (tertiary/aromatic N) is 4. The van der Waals surface area contributed by atoms with Crippen LogP contribution in [0.3, 0.4) is 0 Å².